The molecule has 2 rings (SSSR count). The van der Waals surface area contributed by atoms with Crippen molar-refractivity contribution >= 4 is 33.1 Å². The summed E-state index contributed by atoms with van der Waals surface area (Å²) in [4.78, 5) is 15.4. The summed E-state index contributed by atoms with van der Waals surface area (Å²) in [5.74, 6) is -0.183. The van der Waals surface area contributed by atoms with Gasteiger partial charge in [0, 0.05) is 20.1 Å². The Balaban J connectivity index is 2.46. The Kier molecular flexibility index (Phi) is 4.10. The maximum absolute atomic E-state index is 12.5. The molecule has 3 N–H and O–H groups in total. The van der Waals surface area contributed by atoms with Crippen molar-refractivity contribution in [3.05, 3.63) is 23.2 Å². The Labute approximate surface area is 121 Å². The number of anilines is 1. The van der Waals surface area contributed by atoms with Gasteiger partial charge >= 0.3 is 0 Å². The van der Waals surface area contributed by atoms with Crippen LogP contribution in [0.3, 0.4) is 0 Å². The van der Waals surface area contributed by atoms with Crippen LogP contribution in [0, 0.1) is 6.92 Å². The molecule has 0 radical (unpaired) electrons. The smallest absolute Gasteiger partial charge is 0.266 e. The monoisotopic (exact) mass is 294 g/mol. The van der Waals surface area contributed by atoms with E-state index in [4.69, 9.17) is 10.8 Å². The van der Waals surface area contributed by atoms with Crippen molar-refractivity contribution in [1.29, 1.82) is 0 Å². The Morgan fingerprint density at radius 3 is 2.90 bits per heavy atom. The summed E-state index contributed by atoms with van der Waals surface area (Å²) >= 11 is 1.33. The molecule has 0 atom stereocenters. The van der Waals surface area contributed by atoms with Gasteiger partial charge in [0.2, 0.25) is 0 Å². The summed E-state index contributed by atoms with van der Waals surface area (Å²) in [6, 6.07) is 0. The first-order valence-electron chi connectivity index (χ1n) is 6.23. The maximum Gasteiger partial charge on any atom is 0.266 e. The number of aliphatic hydroxyl groups is 1. The number of aromatic nitrogens is 2. The molecular formula is C13H18N4O2S. The number of aliphatic hydroxyl groups excluding tert-OH is 1. The minimum atomic E-state index is -0.183. The van der Waals surface area contributed by atoms with Gasteiger partial charge in [0.25, 0.3) is 5.91 Å². The lowest BCUT2D eigenvalue weighted by Crippen LogP contribution is -2.33. The molecule has 0 fully saturated rings. The van der Waals surface area contributed by atoms with Gasteiger partial charge in [0.05, 0.1) is 23.4 Å². The van der Waals surface area contributed by atoms with E-state index < -0.39 is 0 Å². The lowest BCUT2D eigenvalue weighted by Gasteiger charge is -2.19. The van der Waals surface area contributed by atoms with Crippen LogP contribution in [-0.2, 0) is 7.05 Å². The summed E-state index contributed by atoms with van der Waals surface area (Å²) in [5.41, 5.74) is 7.38. The van der Waals surface area contributed by atoms with Crippen molar-refractivity contribution in [1.82, 2.24) is 14.7 Å². The van der Waals surface area contributed by atoms with Crippen molar-refractivity contribution in [3.8, 4) is 0 Å². The molecular weight excluding hydrogens is 276 g/mol. The highest BCUT2D eigenvalue weighted by Crippen LogP contribution is 2.36. The zero-order chi connectivity index (χ0) is 14.9. The third kappa shape index (κ3) is 2.30. The van der Waals surface area contributed by atoms with Crippen molar-refractivity contribution in [2.75, 3.05) is 25.4 Å². The molecule has 20 heavy (non-hydrogen) atoms. The molecule has 0 aliphatic rings. The average Bonchev–Trinajstić information content (AvgIpc) is 2.88. The van der Waals surface area contributed by atoms with E-state index in [1.807, 2.05) is 14.0 Å². The van der Waals surface area contributed by atoms with Crippen LogP contribution in [0.5, 0.6) is 0 Å². The summed E-state index contributed by atoms with van der Waals surface area (Å²) in [6.45, 7) is 6.04. The van der Waals surface area contributed by atoms with Crippen LogP contribution in [0.2, 0.25) is 0 Å². The van der Waals surface area contributed by atoms with Gasteiger partial charge in [-0.15, -0.1) is 17.9 Å². The first-order chi connectivity index (χ1) is 9.51. The molecule has 0 saturated heterocycles. The highest BCUT2D eigenvalue weighted by molar-refractivity contribution is 7.21. The van der Waals surface area contributed by atoms with E-state index in [1.54, 1.807) is 10.8 Å². The van der Waals surface area contributed by atoms with E-state index >= 15 is 0 Å². The predicted octanol–water partition coefficient (Wildman–Crippen LogP) is 1.15. The Bertz CT molecular complexity index is 659. The zero-order valence-electron chi connectivity index (χ0n) is 11.6. The molecule has 2 aromatic heterocycles. The molecule has 0 saturated carbocycles. The fourth-order valence-electron chi connectivity index (χ4n) is 2.18. The van der Waals surface area contributed by atoms with Crippen molar-refractivity contribution in [2.24, 2.45) is 7.05 Å². The van der Waals surface area contributed by atoms with Crippen LogP contribution in [-0.4, -0.2) is 45.4 Å². The summed E-state index contributed by atoms with van der Waals surface area (Å²) in [6.07, 6.45) is 1.63. The number of carbonyl (C=O) groups excluding carboxylic acids is 1. The van der Waals surface area contributed by atoms with E-state index in [9.17, 15) is 4.79 Å². The summed E-state index contributed by atoms with van der Waals surface area (Å²) in [5, 5.41) is 14.2. The number of aryl methyl sites for hydroxylation is 2. The van der Waals surface area contributed by atoms with Crippen LogP contribution in [0.15, 0.2) is 12.7 Å². The number of nitrogens with zero attached hydrogens (tertiary/aromatic N) is 3. The number of nitrogen functional groups attached to an aromatic ring is 1. The Morgan fingerprint density at radius 1 is 1.65 bits per heavy atom. The molecule has 0 bridgehead atoms. The van der Waals surface area contributed by atoms with Crippen LogP contribution < -0.4 is 5.73 Å². The highest BCUT2D eigenvalue weighted by atomic mass is 32.1. The second-order valence-electron chi connectivity index (χ2n) is 4.50. The Hall–Kier alpha value is -1.86. The number of fused-ring (bicyclic) bond motifs is 1. The average molecular weight is 294 g/mol. The van der Waals surface area contributed by atoms with E-state index in [1.165, 1.54) is 16.2 Å². The first-order valence-corrected chi connectivity index (χ1v) is 7.05. The second kappa shape index (κ2) is 5.64. The van der Waals surface area contributed by atoms with Crippen LogP contribution in [0.25, 0.3) is 10.2 Å². The summed E-state index contributed by atoms with van der Waals surface area (Å²) < 4.78 is 1.73. The standard InChI is InChI=1S/C13H18N4O2S/c1-4-5-17(6-7-18)12(19)11-10(14)9-8(2)15-16(3)13(9)20-11/h4,18H,1,5-7,14H2,2-3H3. The van der Waals surface area contributed by atoms with Crippen molar-refractivity contribution in [3.63, 3.8) is 0 Å². The molecule has 0 unspecified atom stereocenters. The third-order valence-corrected chi connectivity index (χ3v) is 4.34. The van der Waals surface area contributed by atoms with Gasteiger partial charge in [-0.25, -0.2) is 0 Å². The van der Waals surface area contributed by atoms with Crippen LogP contribution >= 0.6 is 11.3 Å². The molecule has 0 aliphatic carbocycles. The molecule has 7 heteroatoms. The number of thiophene rings is 1. The van der Waals surface area contributed by atoms with Crippen LogP contribution in [0.1, 0.15) is 15.4 Å². The lowest BCUT2D eigenvalue weighted by atomic mass is 10.2. The van der Waals surface area contributed by atoms with Crippen molar-refractivity contribution in [2.45, 2.75) is 6.92 Å². The van der Waals surface area contributed by atoms with E-state index in [0.29, 0.717) is 17.1 Å². The fraction of sp³-hybridized carbons (Fsp3) is 0.385. The third-order valence-electron chi connectivity index (χ3n) is 3.08. The van der Waals surface area contributed by atoms with Gasteiger partial charge in [0.1, 0.15) is 9.71 Å². The lowest BCUT2D eigenvalue weighted by molar-refractivity contribution is 0.0748. The van der Waals surface area contributed by atoms with Gasteiger partial charge < -0.3 is 15.7 Å². The topological polar surface area (TPSA) is 84.4 Å². The van der Waals surface area contributed by atoms with Gasteiger partial charge in [-0.2, -0.15) is 5.10 Å². The quantitative estimate of drug-likeness (QED) is 0.810. The first kappa shape index (κ1) is 14.5. The molecule has 6 nitrogen and oxygen atoms in total. The number of rotatable bonds is 5. The molecule has 0 aliphatic heterocycles. The zero-order valence-corrected chi connectivity index (χ0v) is 12.4. The molecule has 2 aromatic rings. The van der Waals surface area contributed by atoms with E-state index in [2.05, 4.69) is 11.7 Å². The number of hydrogen-bond donors (Lipinski definition) is 2. The number of nitrogens with two attached hydrogens (primary N) is 1. The number of amides is 1. The summed E-state index contributed by atoms with van der Waals surface area (Å²) in [7, 11) is 1.83. The van der Waals surface area contributed by atoms with Gasteiger partial charge in [-0.05, 0) is 6.92 Å². The maximum atomic E-state index is 12.5. The minimum absolute atomic E-state index is 0.0923. The van der Waals surface area contributed by atoms with Crippen molar-refractivity contribution < 1.29 is 9.90 Å². The SMILES string of the molecule is C=CCN(CCO)C(=O)c1sc2c(c(C)nn2C)c1N. The van der Waals surface area contributed by atoms with Gasteiger partial charge in [-0.1, -0.05) is 6.08 Å². The van der Waals surface area contributed by atoms with E-state index in [0.717, 1.165) is 15.9 Å². The molecule has 108 valence electrons. The second-order valence-corrected chi connectivity index (χ2v) is 5.50. The molecule has 0 aromatic carbocycles. The number of carbonyl (C=O) groups is 1. The molecule has 2 heterocycles. The predicted molar refractivity (Wildman–Crippen MR) is 80.9 cm³/mol. The minimum Gasteiger partial charge on any atom is -0.397 e. The van der Waals surface area contributed by atoms with Gasteiger partial charge in [-0.3, -0.25) is 9.48 Å². The Morgan fingerprint density at radius 2 is 2.35 bits per heavy atom. The normalized spacial score (nSPS) is 10.9. The van der Waals surface area contributed by atoms with Crippen LogP contribution in [0.4, 0.5) is 5.69 Å². The highest BCUT2D eigenvalue weighted by Gasteiger charge is 2.24. The molecule has 1 amide bonds. The largest absolute Gasteiger partial charge is 0.397 e. The molecule has 0 spiro atoms. The van der Waals surface area contributed by atoms with E-state index in [-0.39, 0.29) is 19.1 Å². The fourth-order valence-corrected chi connectivity index (χ4v) is 3.34. The van der Waals surface area contributed by atoms with Gasteiger partial charge in [0.15, 0.2) is 0 Å². The number of hydrogen-bond acceptors (Lipinski definition) is 5.